The molecule has 4 nitrogen and oxygen atoms in total. The Morgan fingerprint density at radius 3 is 2.76 bits per heavy atom. The highest BCUT2D eigenvalue weighted by Gasteiger charge is 2.22. The number of anilines is 1. The molecule has 2 aliphatic rings. The van der Waals surface area contributed by atoms with Crippen LogP contribution in [0, 0.1) is 11.8 Å². The van der Waals surface area contributed by atoms with Gasteiger partial charge in [0.1, 0.15) is 5.75 Å². The van der Waals surface area contributed by atoms with Gasteiger partial charge in [-0.3, -0.25) is 4.79 Å². The van der Waals surface area contributed by atoms with Crippen molar-refractivity contribution < 1.29 is 9.53 Å². The zero-order valence-electron chi connectivity index (χ0n) is 15.5. The number of ether oxygens (including phenoxy) is 1. The minimum absolute atomic E-state index is 0.157. The minimum atomic E-state index is 0.157. The Labute approximate surface area is 151 Å². The van der Waals surface area contributed by atoms with Crippen LogP contribution in [-0.2, 0) is 11.2 Å². The molecule has 1 unspecified atom stereocenters. The van der Waals surface area contributed by atoms with Crippen LogP contribution in [0.1, 0.15) is 57.4 Å². The molecule has 2 N–H and O–H groups in total. The fourth-order valence-corrected chi connectivity index (χ4v) is 4.10. The predicted octanol–water partition coefficient (Wildman–Crippen LogP) is 4.15. The molecule has 1 aliphatic heterocycles. The summed E-state index contributed by atoms with van der Waals surface area (Å²) >= 11 is 0. The highest BCUT2D eigenvalue weighted by atomic mass is 16.5. The van der Waals surface area contributed by atoms with Gasteiger partial charge in [-0.1, -0.05) is 25.3 Å². The largest absolute Gasteiger partial charge is 0.492 e. The number of amides is 1. The Morgan fingerprint density at radius 2 is 2.04 bits per heavy atom. The van der Waals surface area contributed by atoms with Gasteiger partial charge in [-0.15, -0.1) is 0 Å². The topological polar surface area (TPSA) is 50.4 Å². The molecule has 1 amide bonds. The normalized spacial score (nSPS) is 21.7. The van der Waals surface area contributed by atoms with Crippen molar-refractivity contribution in [3.63, 3.8) is 0 Å². The van der Waals surface area contributed by atoms with Gasteiger partial charge in [-0.2, -0.15) is 0 Å². The van der Waals surface area contributed by atoms with Crippen LogP contribution in [0.5, 0.6) is 5.75 Å². The van der Waals surface area contributed by atoms with E-state index in [-0.39, 0.29) is 11.8 Å². The van der Waals surface area contributed by atoms with Crippen LogP contribution in [0.25, 0.3) is 0 Å². The Morgan fingerprint density at radius 1 is 1.20 bits per heavy atom. The van der Waals surface area contributed by atoms with E-state index in [9.17, 15) is 4.79 Å². The molecule has 2 fully saturated rings. The third-order valence-corrected chi connectivity index (χ3v) is 5.50. The van der Waals surface area contributed by atoms with Gasteiger partial charge >= 0.3 is 0 Å². The molecular formula is C21H32N2O2. The molecular weight excluding hydrogens is 312 g/mol. The first-order valence-corrected chi connectivity index (χ1v) is 10.0. The van der Waals surface area contributed by atoms with Gasteiger partial charge in [0, 0.05) is 5.92 Å². The first-order chi connectivity index (χ1) is 12.3. The summed E-state index contributed by atoms with van der Waals surface area (Å²) in [4.78, 5) is 12.6. The lowest BCUT2D eigenvalue weighted by atomic mass is 9.88. The van der Waals surface area contributed by atoms with E-state index in [0.29, 0.717) is 12.5 Å². The number of piperidine rings is 1. The summed E-state index contributed by atoms with van der Waals surface area (Å²) in [5, 5.41) is 6.60. The lowest BCUT2D eigenvalue weighted by Gasteiger charge is -2.24. The van der Waals surface area contributed by atoms with E-state index in [2.05, 4.69) is 22.8 Å². The van der Waals surface area contributed by atoms with Gasteiger partial charge in [0.05, 0.1) is 12.3 Å². The van der Waals surface area contributed by atoms with E-state index < -0.39 is 0 Å². The van der Waals surface area contributed by atoms with E-state index in [1.165, 1.54) is 37.7 Å². The van der Waals surface area contributed by atoms with E-state index in [4.69, 9.17) is 4.74 Å². The quantitative estimate of drug-likeness (QED) is 0.815. The summed E-state index contributed by atoms with van der Waals surface area (Å²) in [7, 11) is 0. The zero-order valence-corrected chi connectivity index (χ0v) is 15.5. The maximum Gasteiger partial charge on any atom is 0.227 e. The average molecular weight is 344 g/mol. The highest BCUT2D eigenvalue weighted by molar-refractivity contribution is 5.94. The number of hydrogen-bond acceptors (Lipinski definition) is 3. The molecule has 0 aromatic heterocycles. The van der Waals surface area contributed by atoms with Crippen LogP contribution < -0.4 is 15.4 Å². The van der Waals surface area contributed by atoms with Crippen molar-refractivity contribution >= 4 is 11.6 Å². The number of rotatable bonds is 6. The molecule has 1 saturated carbocycles. The van der Waals surface area contributed by atoms with Crippen molar-refractivity contribution in [1.29, 1.82) is 0 Å². The molecule has 0 radical (unpaired) electrons. The smallest absolute Gasteiger partial charge is 0.227 e. The van der Waals surface area contributed by atoms with Crippen molar-refractivity contribution in [2.45, 2.75) is 58.3 Å². The van der Waals surface area contributed by atoms with Crippen LogP contribution in [0.2, 0.25) is 0 Å². The van der Waals surface area contributed by atoms with E-state index >= 15 is 0 Å². The molecule has 0 spiro atoms. The zero-order chi connectivity index (χ0) is 17.5. The van der Waals surface area contributed by atoms with Gasteiger partial charge in [-0.05, 0) is 75.7 Å². The second kappa shape index (κ2) is 9.23. The van der Waals surface area contributed by atoms with Gasteiger partial charge < -0.3 is 15.4 Å². The molecule has 1 heterocycles. The Hall–Kier alpha value is -1.55. The third-order valence-electron chi connectivity index (χ3n) is 5.50. The Balaban J connectivity index is 1.66. The van der Waals surface area contributed by atoms with Crippen molar-refractivity contribution in [3.8, 4) is 5.75 Å². The second-order valence-electron chi connectivity index (χ2n) is 7.50. The lowest BCUT2D eigenvalue weighted by molar-refractivity contribution is -0.120. The number of carbonyl (C=O) groups is 1. The van der Waals surface area contributed by atoms with E-state index in [1.54, 1.807) is 0 Å². The second-order valence-corrected chi connectivity index (χ2v) is 7.50. The summed E-state index contributed by atoms with van der Waals surface area (Å²) < 4.78 is 5.82. The van der Waals surface area contributed by atoms with E-state index in [0.717, 1.165) is 43.8 Å². The fourth-order valence-electron chi connectivity index (χ4n) is 4.10. The van der Waals surface area contributed by atoms with Crippen LogP contribution in [-0.4, -0.2) is 25.6 Å². The number of hydrogen-bond donors (Lipinski definition) is 2. The molecule has 3 rings (SSSR count). The molecule has 1 aliphatic carbocycles. The first-order valence-electron chi connectivity index (χ1n) is 10.0. The molecule has 4 heteroatoms. The van der Waals surface area contributed by atoms with Crippen molar-refractivity contribution in [2.24, 2.45) is 11.8 Å². The molecule has 25 heavy (non-hydrogen) atoms. The predicted molar refractivity (Wildman–Crippen MR) is 102 cm³/mol. The van der Waals surface area contributed by atoms with Crippen molar-refractivity contribution in [1.82, 2.24) is 5.32 Å². The molecule has 1 aromatic rings. The SMILES string of the molecule is CCOc1cc(CC2CCCNC2)ccc1NC(=O)C1CCCCC1. The Kier molecular flexibility index (Phi) is 6.74. The average Bonchev–Trinajstić information content (AvgIpc) is 2.65. The van der Waals surface area contributed by atoms with Crippen molar-refractivity contribution in [2.75, 3.05) is 25.0 Å². The first kappa shape index (κ1) is 18.2. The van der Waals surface area contributed by atoms with Crippen LogP contribution in [0.3, 0.4) is 0 Å². The highest BCUT2D eigenvalue weighted by Crippen LogP contribution is 2.30. The molecule has 1 saturated heterocycles. The summed E-state index contributed by atoms with van der Waals surface area (Å²) in [6.07, 6.45) is 9.26. The van der Waals surface area contributed by atoms with Crippen LogP contribution >= 0.6 is 0 Å². The Bertz CT molecular complexity index is 561. The third kappa shape index (κ3) is 5.21. The van der Waals surface area contributed by atoms with Gasteiger partial charge in [0.25, 0.3) is 0 Å². The monoisotopic (exact) mass is 344 g/mol. The lowest BCUT2D eigenvalue weighted by Crippen LogP contribution is -2.30. The molecule has 1 aromatic carbocycles. The summed E-state index contributed by atoms with van der Waals surface area (Å²) in [5.74, 6) is 1.83. The van der Waals surface area contributed by atoms with Gasteiger partial charge in [0.15, 0.2) is 0 Å². The summed E-state index contributed by atoms with van der Waals surface area (Å²) in [6.45, 7) is 4.85. The maximum absolute atomic E-state index is 12.6. The van der Waals surface area contributed by atoms with Gasteiger partial charge in [-0.25, -0.2) is 0 Å². The fraction of sp³-hybridized carbons (Fsp3) is 0.667. The van der Waals surface area contributed by atoms with Crippen LogP contribution in [0.15, 0.2) is 18.2 Å². The standard InChI is InChI=1S/C21H32N2O2/c1-2-25-20-14-16(13-17-7-6-12-22-15-17)10-11-19(20)23-21(24)18-8-4-3-5-9-18/h10-11,14,17-18,22H,2-9,12-13,15H2,1H3,(H,23,24). The molecule has 1 atom stereocenters. The van der Waals surface area contributed by atoms with Crippen LogP contribution in [0.4, 0.5) is 5.69 Å². The van der Waals surface area contributed by atoms with E-state index in [1.807, 2.05) is 13.0 Å². The van der Waals surface area contributed by atoms with Crippen molar-refractivity contribution in [3.05, 3.63) is 23.8 Å². The summed E-state index contributed by atoms with van der Waals surface area (Å²) in [5.41, 5.74) is 2.12. The minimum Gasteiger partial charge on any atom is -0.492 e. The van der Waals surface area contributed by atoms with Gasteiger partial charge in [0.2, 0.25) is 5.91 Å². The maximum atomic E-state index is 12.6. The molecule has 0 bridgehead atoms. The molecule has 138 valence electrons. The number of nitrogens with one attached hydrogen (secondary N) is 2. The number of carbonyl (C=O) groups excluding carboxylic acids is 1. The summed E-state index contributed by atoms with van der Waals surface area (Å²) in [6, 6.07) is 6.29. The number of benzene rings is 1.